The molecule has 0 amide bonds. The van der Waals surface area contributed by atoms with Crippen LogP contribution in [0.15, 0.2) is 0 Å². The van der Waals surface area contributed by atoms with Gasteiger partial charge in [-0.25, -0.2) is 8.42 Å². The van der Waals surface area contributed by atoms with Crippen LogP contribution in [-0.4, -0.2) is 23.6 Å². The Bertz CT molecular complexity index is 253. The van der Waals surface area contributed by atoms with Gasteiger partial charge in [0, 0.05) is 5.75 Å². The van der Waals surface area contributed by atoms with Crippen LogP contribution in [0, 0.1) is 0 Å². The summed E-state index contributed by atoms with van der Waals surface area (Å²) in [5.41, 5.74) is 0. The highest BCUT2D eigenvalue weighted by atomic mass is 79.9. The van der Waals surface area contributed by atoms with Gasteiger partial charge < -0.3 is 0 Å². The minimum absolute atomic E-state index is 0.0334. The van der Waals surface area contributed by atoms with Crippen molar-refractivity contribution in [2.24, 2.45) is 0 Å². The van der Waals surface area contributed by atoms with E-state index >= 15 is 0 Å². The molecule has 0 aliphatic carbocycles. The Balaban J connectivity index is 5.01. The van der Waals surface area contributed by atoms with Gasteiger partial charge in [-0.3, -0.25) is 4.79 Å². The van der Waals surface area contributed by atoms with E-state index in [1.54, 1.807) is 0 Å². The number of halogens is 1. The molecular weight excluding hydrogens is 232 g/mol. The molecule has 0 saturated carbocycles. The van der Waals surface area contributed by atoms with Crippen molar-refractivity contribution in [3.8, 4) is 0 Å². The van der Waals surface area contributed by atoms with Crippen molar-refractivity contribution >= 4 is 31.6 Å². The fourth-order valence-electron chi connectivity index (χ4n) is 0.490. The van der Waals surface area contributed by atoms with E-state index in [2.05, 4.69) is 15.9 Å². The highest BCUT2D eigenvalue weighted by Crippen LogP contribution is 2.26. The summed E-state index contributed by atoms with van der Waals surface area (Å²) in [6.07, 6.45) is 0. The number of hydrogen-bond donors (Lipinski definition) is 0. The molecule has 0 bridgehead atoms. The second-order valence-corrected chi connectivity index (χ2v) is 7.11. The van der Waals surface area contributed by atoms with Crippen LogP contribution in [-0.2, 0) is 14.6 Å². The third kappa shape index (κ3) is 2.02. The van der Waals surface area contributed by atoms with Crippen molar-refractivity contribution in [1.82, 2.24) is 0 Å². The monoisotopic (exact) mass is 242 g/mol. The quantitative estimate of drug-likeness (QED) is 0.698. The molecule has 0 unspecified atom stereocenters. The molecule has 0 aromatic carbocycles. The highest BCUT2D eigenvalue weighted by molar-refractivity contribution is 9.12. The molecule has 0 aliphatic heterocycles. The van der Waals surface area contributed by atoms with Crippen molar-refractivity contribution in [2.75, 3.05) is 5.75 Å². The Kier molecular flexibility index (Phi) is 3.26. The molecule has 0 rings (SSSR count). The maximum absolute atomic E-state index is 11.2. The van der Waals surface area contributed by atoms with Gasteiger partial charge in [-0.15, -0.1) is 0 Å². The molecule has 0 aliphatic rings. The molecule has 66 valence electrons. The Hall–Kier alpha value is 0.1000. The molecule has 5 heteroatoms. The van der Waals surface area contributed by atoms with Gasteiger partial charge in [-0.05, 0) is 13.8 Å². The van der Waals surface area contributed by atoms with E-state index < -0.39 is 13.5 Å². The summed E-state index contributed by atoms with van der Waals surface area (Å²) in [4.78, 5) is 10.8. The van der Waals surface area contributed by atoms with Gasteiger partial charge in [0.25, 0.3) is 0 Å². The molecule has 0 heterocycles. The van der Waals surface area contributed by atoms with E-state index in [9.17, 15) is 13.2 Å². The predicted octanol–water partition coefficient (Wildman–Crippen LogP) is 1.12. The zero-order valence-corrected chi connectivity index (χ0v) is 9.12. The Labute approximate surface area is 75.2 Å². The molecule has 3 nitrogen and oxygen atoms in total. The molecular formula is C6H11BrO3S. The maximum Gasteiger partial charge on any atom is 0.181 e. The second-order valence-electron chi connectivity index (χ2n) is 2.38. The average molecular weight is 243 g/mol. The normalized spacial score (nSPS) is 17.5. The van der Waals surface area contributed by atoms with Gasteiger partial charge >= 0.3 is 0 Å². The highest BCUT2D eigenvalue weighted by Gasteiger charge is 2.39. The number of sulfone groups is 1. The van der Waals surface area contributed by atoms with Crippen molar-refractivity contribution < 1.29 is 13.2 Å². The standard InChI is InChI=1S/C6H11BrO3S/c1-4-11(9,10)6(3,7)5(2)8/h4H2,1-3H3/t6-/m1/s1. The lowest BCUT2D eigenvalue weighted by atomic mass is 10.3. The molecule has 0 radical (unpaired) electrons. The summed E-state index contributed by atoms with van der Waals surface area (Å²) in [6, 6.07) is 0. The number of alkyl halides is 1. The molecule has 11 heavy (non-hydrogen) atoms. The number of carbonyl (C=O) groups excluding carboxylic acids is 1. The Morgan fingerprint density at radius 1 is 1.55 bits per heavy atom. The van der Waals surface area contributed by atoms with Gasteiger partial charge in [-0.2, -0.15) is 0 Å². The number of carbonyl (C=O) groups is 1. The summed E-state index contributed by atoms with van der Waals surface area (Å²) in [7, 11) is -3.33. The third-order valence-electron chi connectivity index (χ3n) is 1.59. The van der Waals surface area contributed by atoms with Crippen LogP contribution >= 0.6 is 15.9 Å². The Morgan fingerprint density at radius 3 is 2.00 bits per heavy atom. The first-order valence-electron chi connectivity index (χ1n) is 3.18. The number of Topliss-reactive ketones (excluding diaryl/α,β-unsaturated/α-hetero) is 1. The smallest absolute Gasteiger partial charge is 0.181 e. The van der Waals surface area contributed by atoms with Gasteiger partial charge in [-0.1, -0.05) is 22.9 Å². The summed E-state index contributed by atoms with van der Waals surface area (Å²) in [5.74, 6) is -0.423. The summed E-state index contributed by atoms with van der Waals surface area (Å²) in [5, 5.41) is 0. The van der Waals surface area contributed by atoms with Gasteiger partial charge in [0.2, 0.25) is 0 Å². The van der Waals surface area contributed by atoms with Crippen molar-refractivity contribution in [3.05, 3.63) is 0 Å². The minimum atomic E-state index is -3.33. The van der Waals surface area contributed by atoms with E-state index in [1.165, 1.54) is 20.8 Å². The van der Waals surface area contributed by atoms with Gasteiger partial charge in [0.05, 0.1) is 0 Å². The zero-order chi connectivity index (χ0) is 9.28. The topological polar surface area (TPSA) is 51.2 Å². The lowest BCUT2D eigenvalue weighted by Crippen LogP contribution is -2.36. The SMILES string of the molecule is CCS(=O)(=O)[C@@](C)(Br)C(C)=O. The summed E-state index contributed by atoms with van der Waals surface area (Å²) in [6.45, 7) is 4.12. The van der Waals surface area contributed by atoms with E-state index in [0.29, 0.717) is 0 Å². The van der Waals surface area contributed by atoms with Crippen molar-refractivity contribution in [2.45, 2.75) is 24.4 Å². The zero-order valence-electron chi connectivity index (χ0n) is 6.72. The maximum atomic E-state index is 11.2. The van der Waals surface area contributed by atoms with E-state index in [4.69, 9.17) is 0 Å². The van der Waals surface area contributed by atoms with Crippen molar-refractivity contribution in [3.63, 3.8) is 0 Å². The van der Waals surface area contributed by atoms with Crippen LogP contribution in [0.2, 0.25) is 0 Å². The third-order valence-corrected chi connectivity index (χ3v) is 5.85. The average Bonchev–Trinajstić information content (AvgIpc) is 1.87. The Morgan fingerprint density at radius 2 is 1.91 bits per heavy atom. The van der Waals surface area contributed by atoms with Crippen LogP contribution in [0.4, 0.5) is 0 Å². The number of rotatable bonds is 3. The summed E-state index contributed by atoms with van der Waals surface area (Å²) >= 11 is 2.89. The molecule has 0 saturated heterocycles. The number of ketones is 1. The molecule has 0 fully saturated rings. The first-order chi connectivity index (χ1) is 4.75. The molecule has 0 N–H and O–H groups in total. The number of hydrogen-bond acceptors (Lipinski definition) is 3. The van der Waals surface area contributed by atoms with Crippen LogP contribution in [0.5, 0.6) is 0 Å². The van der Waals surface area contributed by atoms with Crippen LogP contribution < -0.4 is 0 Å². The van der Waals surface area contributed by atoms with Crippen LogP contribution in [0.25, 0.3) is 0 Å². The van der Waals surface area contributed by atoms with Crippen LogP contribution in [0.1, 0.15) is 20.8 Å². The second kappa shape index (κ2) is 3.23. The minimum Gasteiger partial charge on any atom is -0.297 e. The summed E-state index contributed by atoms with van der Waals surface area (Å²) < 4.78 is 21.0. The van der Waals surface area contributed by atoms with Gasteiger partial charge in [0.1, 0.15) is 0 Å². The molecule has 0 aromatic rings. The first kappa shape index (κ1) is 11.1. The van der Waals surface area contributed by atoms with E-state index in [0.717, 1.165) is 0 Å². The van der Waals surface area contributed by atoms with E-state index in [1.807, 2.05) is 0 Å². The lowest BCUT2D eigenvalue weighted by Gasteiger charge is -2.17. The first-order valence-corrected chi connectivity index (χ1v) is 5.62. The molecule has 0 spiro atoms. The molecule has 1 atom stereocenters. The fourth-order valence-corrected chi connectivity index (χ4v) is 2.16. The predicted molar refractivity (Wildman–Crippen MR) is 47.5 cm³/mol. The van der Waals surface area contributed by atoms with Gasteiger partial charge in [0.15, 0.2) is 19.3 Å². The van der Waals surface area contributed by atoms with E-state index in [-0.39, 0.29) is 11.5 Å². The lowest BCUT2D eigenvalue weighted by molar-refractivity contribution is -0.116. The largest absolute Gasteiger partial charge is 0.297 e. The van der Waals surface area contributed by atoms with Crippen LogP contribution in [0.3, 0.4) is 0 Å². The molecule has 0 aromatic heterocycles. The fraction of sp³-hybridized carbons (Fsp3) is 0.833. The van der Waals surface area contributed by atoms with Crippen molar-refractivity contribution in [1.29, 1.82) is 0 Å².